The van der Waals surface area contributed by atoms with Crippen molar-refractivity contribution in [1.29, 1.82) is 0 Å². The standard InChI is InChI=1S/C11H14N2O2/c1-15-10-6-5-8(7-9(10)12)3-2-4-11(13)14/h2-3,5-7H,4,12H2,1H3,(H2,13,14). The molecular formula is C11H14N2O2. The average molecular weight is 206 g/mol. The van der Waals surface area contributed by atoms with E-state index in [1.165, 1.54) is 0 Å². The highest BCUT2D eigenvalue weighted by Crippen LogP contribution is 2.22. The van der Waals surface area contributed by atoms with Crippen molar-refractivity contribution >= 4 is 17.7 Å². The SMILES string of the molecule is COc1ccc(C=CCC(N)=O)cc1N. The van der Waals surface area contributed by atoms with Gasteiger partial charge in [0.05, 0.1) is 12.8 Å². The van der Waals surface area contributed by atoms with Crippen molar-refractivity contribution in [2.45, 2.75) is 6.42 Å². The molecule has 1 aromatic carbocycles. The van der Waals surface area contributed by atoms with Crippen LogP contribution in [0.4, 0.5) is 5.69 Å². The van der Waals surface area contributed by atoms with Gasteiger partial charge >= 0.3 is 0 Å². The summed E-state index contributed by atoms with van der Waals surface area (Å²) in [5, 5.41) is 0. The summed E-state index contributed by atoms with van der Waals surface area (Å²) in [4.78, 5) is 10.5. The molecule has 1 rings (SSSR count). The molecule has 0 spiro atoms. The molecule has 15 heavy (non-hydrogen) atoms. The summed E-state index contributed by atoms with van der Waals surface area (Å²) in [5.41, 5.74) is 12.2. The molecule has 80 valence electrons. The number of carbonyl (C=O) groups is 1. The molecule has 4 heteroatoms. The second-order valence-electron chi connectivity index (χ2n) is 3.07. The van der Waals surface area contributed by atoms with Crippen LogP contribution in [0.1, 0.15) is 12.0 Å². The Labute approximate surface area is 88.5 Å². The Morgan fingerprint density at radius 3 is 2.80 bits per heavy atom. The lowest BCUT2D eigenvalue weighted by molar-refractivity contribution is -0.117. The zero-order chi connectivity index (χ0) is 11.3. The predicted octanol–water partition coefficient (Wildman–Crippen LogP) is 1.17. The topological polar surface area (TPSA) is 78.3 Å². The minimum absolute atomic E-state index is 0.228. The second kappa shape index (κ2) is 5.05. The van der Waals surface area contributed by atoms with Crippen LogP contribution < -0.4 is 16.2 Å². The Bertz CT molecular complexity index is 386. The molecule has 0 aromatic heterocycles. The molecule has 0 saturated carbocycles. The van der Waals surface area contributed by atoms with E-state index in [0.717, 1.165) is 5.56 Å². The number of nitrogens with two attached hydrogens (primary N) is 2. The fraction of sp³-hybridized carbons (Fsp3) is 0.182. The second-order valence-corrected chi connectivity index (χ2v) is 3.07. The average Bonchev–Trinajstić information content (AvgIpc) is 2.17. The molecule has 0 aliphatic carbocycles. The largest absolute Gasteiger partial charge is 0.495 e. The number of anilines is 1. The number of benzene rings is 1. The number of rotatable bonds is 4. The number of nitrogen functional groups attached to an aromatic ring is 1. The molecule has 0 bridgehead atoms. The van der Waals surface area contributed by atoms with Crippen LogP contribution in [0.2, 0.25) is 0 Å². The van der Waals surface area contributed by atoms with Crippen LogP contribution in [-0.2, 0) is 4.79 Å². The molecule has 0 saturated heterocycles. The van der Waals surface area contributed by atoms with E-state index in [1.54, 1.807) is 31.4 Å². The van der Waals surface area contributed by atoms with Gasteiger partial charge in [0.15, 0.2) is 0 Å². The Morgan fingerprint density at radius 1 is 1.53 bits per heavy atom. The Morgan fingerprint density at radius 2 is 2.27 bits per heavy atom. The van der Waals surface area contributed by atoms with Crippen molar-refractivity contribution in [3.63, 3.8) is 0 Å². The molecule has 1 amide bonds. The van der Waals surface area contributed by atoms with E-state index in [-0.39, 0.29) is 12.3 Å². The Kier molecular flexibility index (Phi) is 3.74. The molecular weight excluding hydrogens is 192 g/mol. The maximum absolute atomic E-state index is 10.5. The first kappa shape index (κ1) is 11.1. The van der Waals surface area contributed by atoms with Crippen molar-refractivity contribution in [1.82, 2.24) is 0 Å². The quantitative estimate of drug-likeness (QED) is 0.726. The van der Waals surface area contributed by atoms with Crippen molar-refractivity contribution in [2.75, 3.05) is 12.8 Å². The number of amides is 1. The summed E-state index contributed by atoms with van der Waals surface area (Å²) < 4.78 is 5.02. The van der Waals surface area contributed by atoms with Crippen molar-refractivity contribution in [3.05, 3.63) is 29.8 Å². The van der Waals surface area contributed by atoms with E-state index in [1.807, 2.05) is 6.07 Å². The van der Waals surface area contributed by atoms with Gasteiger partial charge in [-0.2, -0.15) is 0 Å². The summed E-state index contributed by atoms with van der Waals surface area (Å²) >= 11 is 0. The lowest BCUT2D eigenvalue weighted by Gasteiger charge is -2.04. The predicted molar refractivity (Wildman–Crippen MR) is 60.3 cm³/mol. The zero-order valence-electron chi connectivity index (χ0n) is 8.57. The van der Waals surface area contributed by atoms with E-state index >= 15 is 0 Å². The zero-order valence-corrected chi connectivity index (χ0v) is 8.57. The third kappa shape index (κ3) is 3.34. The van der Waals surface area contributed by atoms with E-state index in [4.69, 9.17) is 16.2 Å². The van der Waals surface area contributed by atoms with E-state index in [0.29, 0.717) is 11.4 Å². The van der Waals surface area contributed by atoms with E-state index in [9.17, 15) is 4.79 Å². The summed E-state index contributed by atoms with van der Waals surface area (Å²) in [6.45, 7) is 0. The van der Waals surface area contributed by atoms with Crippen LogP contribution in [0.5, 0.6) is 5.75 Å². The Balaban J connectivity index is 2.75. The third-order valence-corrected chi connectivity index (χ3v) is 1.88. The van der Waals surface area contributed by atoms with Crippen molar-refractivity contribution < 1.29 is 9.53 Å². The van der Waals surface area contributed by atoms with Crippen LogP contribution in [-0.4, -0.2) is 13.0 Å². The van der Waals surface area contributed by atoms with Crippen LogP contribution in [0.15, 0.2) is 24.3 Å². The molecule has 0 radical (unpaired) electrons. The molecule has 0 aliphatic rings. The van der Waals surface area contributed by atoms with Crippen LogP contribution in [0.3, 0.4) is 0 Å². The number of hydrogen-bond acceptors (Lipinski definition) is 3. The highest BCUT2D eigenvalue weighted by atomic mass is 16.5. The van der Waals surface area contributed by atoms with Gasteiger partial charge in [-0.25, -0.2) is 0 Å². The maximum atomic E-state index is 10.5. The van der Waals surface area contributed by atoms with Gasteiger partial charge in [-0.05, 0) is 17.7 Å². The number of primary amides is 1. The molecule has 4 nitrogen and oxygen atoms in total. The van der Waals surface area contributed by atoms with Gasteiger partial charge in [0.25, 0.3) is 0 Å². The molecule has 0 fully saturated rings. The van der Waals surface area contributed by atoms with Crippen molar-refractivity contribution in [2.24, 2.45) is 5.73 Å². The highest BCUT2D eigenvalue weighted by molar-refractivity contribution is 5.76. The van der Waals surface area contributed by atoms with E-state index in [2.05, 4.69) is 0 Å². The molecule has 4 N–H and O–H groups in total. The van der Waals surface area contributed by atoms with Crippen LogP contribution in [0, 0.1) is 0 Å². The summed E-state index contributed by atoms with van der Waals surface area (Å²) in [7, 11) is 1.56. The van der Waals surface area contributed by atoms with Crippen LogP contribution in [0.25, 0.3) is 6.08 Å². The van der Waals surface area contributed by atoms with Gasteiger partial charge in [-0.1, -0.05) is 18.2 Å². The van der Waals surface area contributed by atoms with Gasteiger partial charge in [0.1, 0.15) is 5.75 Å². The van der Waals surface area contributed by atoms with Crippen molar-refractivity contribution in [3.8, 4) is 5.75 Å². The van der Waals surface area contributed by atoms with Gasteiger partial charge in [-0.15, -0.1) is 0 Å². The molecule has 0 atom stereocenters. The van der Waals surface area contributed by atoms with Gasteiger partial charge in [-0.3, -0.25) is 4.79 Å². The fourth-order valence-electron chi connectivity index (χ4n) is 1.17. The maximum Gasteiger partial charge on any atom is 0.221 e. The van der Waals surface area contributed by atoms with Gasteiger partial charge in [0, 0.05) is 6.42 Å². The lowest BCUT2D eigenvalue weighted by atomic mass is 10.1. The first-order valence-corrected chi connectivity index (χ1v) is 4.52. The van der Waals surface area contributed by atoms with Gasteiger partial charge in [0.2, 0.25) is 5.91 Å². The lowest BCUT2D eigenvalue weighted by Crippen LogP contribution is -2.07. The fourth-order valence-corrected chi connectivity index (χ4v) is 1.17. The normalized spacial score (nSPS) is 10.5. The summed E-state index contributed by atoms with van der Waals surface area (Å²) in [6.07, 6.45) is 3.72. The molecule has 0 aliphatic heterocycles. The number of methoxy groups -OCH3 is 1. The Hall–Kier alpha value is -1.97. The molecule has 1 aromatic rings. The van der Waals surface area contributed by atoms with Crippen LogP contribution >= 0.6 is 0 Å². The first-order valence-electron chi connectivity index (χ1n) is 4.52. The monoisotopic (exact) mass is 206 g/mol. The number of ether oxygens (including phenoxy) is 1. The molecule has 0 unspecified atom stereocenters. The summed E-state index contributed by atoms with van der Waals surface area (Å²) in [5.74, 6) is 0.287. The molecule has 0 heterocycles. The minimum Gasteiger partial charge on any atom is -0.495 e. The summed E-state index contributed by atoms with van der Waals surface area (Å²) in [6, 6.07) is 5.41. The number of carbonyl (C=O) groups excluding carboxylic acids is 1. The van der Waals surface area contributed by atoms with Gasteiger partial charge < -0.3 is 16.2 Å². The highest BCUT2D eigenvalue weighted by Gasteiger charge is 1.98. The third-order valence-electron chi connectivity index (χ3n) is 1.88. The minimum atomic E-state index is -0.354. The first-order chi connectivity index (χ1) is 7.13. The number of hydrogen-bond donors (Lipinski definition) is 2. The smallest absolute Gasteiger partial charge is 0.221 e. The van der Waals surface area contributed by atoms with E-state index < -0.39 is 0 Å².